The molecule has 0 atom stereocenters. The van der Waals surface area contributed by atoms with E-state index in [9.17, 15) is 4.79 Å². The molecule has 3 aromatic rings. The van der Waals surface area contributed by atoms with Gasteiger partial charge in [-0.1, -0.05) is 41.9 Å². The predicted octanol–water partition coefficient (Wildman–Crippen LogP) is 4.19. The zero-order valence-electron chi connectivity index (χ0n) is 16.9. The molecule has 31 heavy (non-hydrogen) atoms. The van der Waals surface area contributed by atoms with Crippen molar-refractivity contribution in [2.24, 2.45) is 0 Å². The third-order valence-corrected chi connectivity index (χ3v) is 6.68. The third kappa shape index (κ3) is 4.39. The maximum atomic E-state index is 13.0. The maximum Gasteiger partial charge on any atom is 0.254 e. The monoisotopic (exact) mass is 455 g/mol. The highest BCUT2D eigenvalue weighted by atomic mass is 35.5. The van der Waals surface area contributed by atoms with E-state index in [-0.39, 0.29) is 5.91 Å². The Balaban J connectivity index is 1.20. The van der Waals surface area contributed by atoms with E-state index in [1.54, 1.807) is 23.5 Å². The number of aromatic nitrogens is 1. The van der Waals surface area contributed by atoms with Crippen molar-refractivity contribution in [1.82, 2.24) is 14.8 Å². The summed E-state index contributed by atoms with van der Waals surface area (Å²) in [5.74, 6) is 1.03. The predicted molar refractivity (Wildman–Crippen MR) is 121 cm³/mol. The number of piperazine rings is 1. The van der Waals surface area contributed by atoms with Crippen molar-refractivity contribution in [3.05, 3.63) is 64.1 Å². The first-order valence-corrected chi connectivity index (χ1v) is 11.5. The fraction of sp³-hybridized carbons (Fsp3) is 0.304. The number of fused-ring (bicyclic) bond motifs is 1. The molecule has 2 aromatic carbocycles. The number of hydrogen-bond acceptors (Lipinski definition) is 6. The van der Waals surface area contributed by atoms with Gasteiger partial charge in [0.1, 0.15) is 18.2 Å². The fourth-order valence-corrected chi connectivity index (χ4v) is 4.93. The van der Waals surface area contributed by atoms with Crippen molar-refractivity contribution >= 4 is 28.8 Å². The molecule has 1 saturated heterocycles. The van der Waals surface area contributed by atoms with Crippen LogP contribution in [-0.4, -0.2) is 60.1 Å². The molecule has 6 nitrogen and oxygen atoms in total. The zero-order valence-corrected chi connectivity index (χ0v) is 18.5. The van der Waals surface area contributed by atoms with Crippen LogP contribution in [0.1, 0.15) is 16.1 Å². The minimum atomic E-state index is -0.0291. The summed E-state index contributed by atoms with van der Waals surface area (Å²) in [4.78, 5) is 22.0. The van der Waals surface area contributed by atoms with E-state index in [4.69, 9.17) is 26.1 Å². The standard InChI is InChI=1S/C23H22ClN3O3S/c24-19-12-17(13-20-21(19)30-11-10-29-20)23(28)27-8-6-26(7-9-27)14-18-15-31-22(25-18)16-4-2-1-3-5-16/h1-5,12-13,15H,6-11,14H2. The number of amides is 1. The van der Waals surface area contributed by atoms with Gasteiger partial charge in [0, 0.05) is 49.2 Å². The molecule has 1 aromatic heterocycles. The average Bonchev–Trinajstić information content (AvgIpc) is 3.28. The van der Waals surface area contributed by atoms with Gasteiger partial charge >= 0.3 is 0 Å². The molecular weight excluding hydrogens is 434 g/mol. The van der Waals surface area contributed by atoms with Gasteiger partial charge in [-0.2, -0.15) is 0 Å². The summed E-state index contributed by atoms with van der Waals surface area (Å²) in [7, 11) is 0. The number of nitrogens with zero attached hydrogens (tertiary/aromatic N) is 3. The SMILES string of the molecule is O=C(c1cc(Cl)c2c(c1)OCCO2)N1CCN(Cc2csc(-c3ccccc3)n2)CC1. The Hall–Kier alpha value is -2.61. The third-order valence-electron chi connectivity index (χ3n) is 5.46. The molecule has 0 unspecified atom stereocenters. The number of carbonyl (C=O) groups is 1. The minimum absolute atomic E-state index is 0.0291. The first-order chi connectivity index (χ1) is 15.2. The molecule has 160 valence electrons. The van der Waals surface area contributed by atoms with Crippen molar-refractivity contribution in [1.29, 1.82) is 0 Å². The molecule has 3 heterocycles. The van der Waals surface area contributed by atoms with E-state index in [2.05, 4.69) is 22.4 Å². The highest BCUT2D eigenvalue weighted by molar-refractivity contribution is 7.13. The van der Waals surface area contributed by atoms with Gasteiger partial charge in [0.15, 0.2) is 11.5 Å². The van der Waals surface area contributed by atoms with Gasteiger partial charge in [0.05, 0.1) is 10.7 Å². The van der Waals surface area contributed by atoms with Crippen molar-refractivity contribution in [3.8, 4) is 22.1 Å². The van der Waals surface area contributed by atoms with Crippen LogP contribution in [0.4, 0.5) is 0 Å². The van der Waals surface area contributed by atoms with Crippen LogP contribution in [0, 0.1) is 0 Å². The summed E-state index contributed by atoms with van der Waals surface area (Å²) in [6, 6.07) is 13.6. The number of thiazole rings is 1. The van der Waals surface area contributed by atoms with Crippen LogP contribution in [-0.2, 0) is 6.54 Å². The van der Waals surface area contributed by atoms with Gasteiger partial charge in [0.25, 0.3) is 5.91 Å². The summed E-state index contributed by atoms with van der Waals surface area (Å²) in [6.45, 7) is 4.67. The van der Waals surface area contributed by atoms with E-state index < -0.39 is 0 Å². The number of halogens is 1. The lowest BCUT2D eigenvalue weighted by Crippen LogP contribution is -2.48. The van der Waals surface area contributed by atoms with E-state index >= 15 is 0 Å². The Morgan fingerprint density at radius 2 is 1.84 bits per heavy atom. The summed E-state index contributed by atoms with van der Waals surface area (Å²) >= 11 is 7.97. The number of carbonyl (C=O) groups excluding carboxylic acids is 1. The Morgan fingerprint density at radius 3 is 2.65 bits per heavy atom. The minimum Gasteiger partial charge on any atom is -0.486 e. The number of ether oxygens (including phenoxy) is 2. The van der Waals surface area contributed by atoms with Crippen molar-refractivity contribution in [3.63, 3.8) is 0 Å². The summed E-state index contributed by atoms with van der Waals surface area (Å²) in [6.07, 6.45) is 0. The molecule has 2 aliphatic heterocycles. The van der Waals surface area contributed by atoms with E-state index in [1.807, 2.05) is 23.1 Å². The summed E-state index contributed by atoms with van der Waals surface area (Å²) in [5, 5.41) is 3.58. The van der Waals surface area contributed by atoms with Gasteiger partial charge in [-0.3, -0.25) is 9.69 Å². The lowest BCUT2D eigenvalue weighted by Gasteiger charge is -2.34. The molecule has 2 aliphatic rings. The number of hydrogen-bond donors (Lipinski definition) is 0. The Morgan fingerprint density at radius 1 is 1.06 bits per heavy atom. The molecule has 1 fully saturated rings. The first-order valence-electron chi connectivity index (χ1n) is 10.3. The summed E-state index contributed by atoms with van der Waals surface area (Å²) < 4.78 is 11.1. The summed E-state index contributed by atoms with van der Waals surface area (Å²) in [5.41, 5.74) is 2.75. The molecular formula is C23H22ClN3O3S. The van der Waals surface area contributed by atoms with Crippen LogP contribution in [0.25, 0.3) is 10.6 Å². The topological polar surface area (TPSA) is 54.9 Å². The second-order valence-electron chi connectivity index (χ2n) is 7.56. The molecule has 1 amide bonds. The van der Waals surface area contributed by atoms with Gasteiger partial charge in [-0.15, -0.1) is 11.3 Å². The molecule has 0 aliphatic carbocycles. The number of benzene rings is 2. The quantitative estimate of drug-likeness (QED) is 0.590. The molecule has 5 rings (SSSR count). The van der Waals surface area contributed by atoms with Crippen molar-refractivity contribution in [2.45, 2.75) is 6.54 Å². The lowest BCUT2D eigenvalue weighted by atomic mass is 10.1. The molecule has 8 heteroatoms. The Labute approximate surface area is 190 Å². The Kier molecular flexibility index (Phi) is 5.80. The van der Waals surface area contributed by atoms with Crippen LogP contribution in [0.15, 0.2) is 47.8 Å². The van der Waals surface area contributed by atoms with Crippen molar-refractivity contribution < 1.29 is 14.3 Å². The van der Waals surface area contributed by atoms with Crippen LogP contribution < -0.4 is 9.47 Å². The first kappa shape index (κ1) is 20.3. The molecule has 0 bridgehead atoms. The van der Waals surface area contributed by atoms with Gasteiger partial charge in [-0.25, -0.2) is 4.98 Å². The second kappa shape index (κ2) is 8.86. The molecule has 0 radical (unpaired) electrons. The van der Waals surface area contributed by atoms with E-state index in [0.29, 0.717) is 48.4 Å². The van der Waals surface area contributed by atoms with Crippen LogP contribution in [0.2, 0.25) is 5.02 Å². The number of rotatable bonds is 4. The molecule has 0 saturated carbocycles. The highest BCUT2D eigenvalue weighted by Gasteiger charge is 2.25. The largest absolute Gasteiger partial charge is 0.486 e. The zero-order chi connectivity index (χ0) is 21.2. The van der Waals surface area contributed by atoms with Gasteiger partial charge < -0.3 is 14.4 Å². The smallest absolute Gasteiger partial charge is 0.254 e. The molecule has 0 N–H and O–H groups in total. The maximum absolute atomic E-state index is 13.0. The Bertz CT molecular complexity index is 1080. The van der Waals surface area contributed by atoms with Crippen LogP contribution >= 0.6 is 22.9 Å². The van der Waals surface area contributed by atoms with E-state index in [0.717, 1.165) is 35.9 Å². The normalized spacial score (nSPS) is 16.4. The van der Waals surface area contributed by atoms with E-state index in [1.165, 1.54) is 0 Å². The van der Waals surface area contributed by atoms with Gasteiger partial charge in [0.2, 0.25) is 0 Å². The highest BCUT2D eigenvalue weighted by Crippen LogP contribution is 2.38. The molecule has 0 spiro atoms. The van der Waals surface area contributed by atoms with Crippen LogP contribution in [0.3, 0.4) is 0 Å². The second-order valence-corrected chi connectivity index (χ2v) is 8.83. The lowest BCUT2D eigenvalue weighted by molar-refractivity contribution is 0.0626. The average molecular weight is 456 g/mol. The van der Waals surface area contributed by atoms with Crippen molar-refractivity contribution in [2.75, 3.05) is 39.4 Å². The van der Waals surface area contributed by atoms with Crippen LogP contribution in [0.5, 0.6) is 11.5 Å². The van der Waals surface area contributed by atoms with Gasteiger partial charge in [-0.05, 0) is 12.1 Å². The fourth-order valence-electron chi connectivity index (χ4n) is 3.85.